The van der Waals surface area contributed by atoms with Crippen molar-refractivity contribution in [1.82, 2.24) is 0 Å². The molecular formula is C12H24NO2. The number of carbonyl (C=O) groups is 1. The van der Waals surface area contributed by atoms with Crippen LogP contribution in [0.1, 0.15) is 58.3 Å². The number of aliphatic carboxylic acids is 1. The quantitative estimate of drug-likeness (QED) is 0.550. The Labute approximate surface area is 93.0 Å². The minimum Gasteiger partial charge on any atom is -0.481 e. The number of carboxylic acids is 1. The molecule has 89 valence electrons. The summed E-state index contributed by atoms with van der Waals surface area (Å²) in [5, 5.41) is 8.45. The average Bonchev–Trinajstić information content (AvgIpc) is 2.15. The normalized spacial score (nSPS) is 12.7. The van der Waals surface area contributed by atoms with Crippen LogP contribution in [0.4, 0.5) is 0 Å². The molecule has 1 atom stereocenters. The minimum atomic E-state index is -0.912. The van der Waals surface area contributed by atoms with Crippen molar-refractivity contribution in [1.29, 1.82) is 0 Å². The fourth-order valence-corrected chi connectivity index (χ4v) is 1.60. The number of unbranched alkanes of at least 4 members (excludes halogenated alkanes) is 6. The number of rotatable bonds is 10. The molecule has 1 radical (unpaired) electrons. The largest absolute Gasteiger partial charge is 0.481 e. The fourth-order valence-electron chi connectivity index (χ4n) is 1.60. The number of carboxylic acid groups (broad SMARTS) is 1. The number of hydrogen-bond acceptors (Lipinski definition) is 2. The van der Waals surface area contributed by atoms with Gasteiger partial charge in [-0.2, -0.15) is 0 Å². The molecular weight excluding hydrogens is 190 g/mol. The van der Waals surface area contributed by atoms with Crippen molar-refractivity contribution in [2.75, 3.05) is 0 Å². The van der Waals surface area contributed by atoms with E-state index < -0.39 is 5.97 Å². The van der Waals surface area contributed by atoms with Crippen LogP contribution in [-0.2, 0) is 4.79 Å². The van der Waals surface area contributed by atoms with Gasteiger partial charge in [-0.15, -0.1) is 0 Å². The zero-order chi connectivity index (χ0) is 11.5. The molecule has 0 saturated heterocycles. The molecule has 0 aromatic rings. The first kappa shape index (κ1) is 14.4. The minimum absolute atomic E-state index is 0.279. The Kier molecular flexibility index (Phi) is 9.59. The van der Waals surface area contributed by atoms with E-state index in [1.165, 1.54) is 44.9 Å². The summed E-state index contributed by atoms with van der Waals surface area (Å²) in [5.41, 5.74) is 5.60. The van der Waals surface area contributed by atoms with Crippen LogP contribution < -0.4 is 5.73 Å². The lowest BCUT2D eigenvalue weighted by atomic mass is 10.0. The summed E-state index contributed by atoms with van der Waals surface area (Å²) < 4.78 is 0. The van der Waals surface area contributed by atoms with E-state index in [9.17, 15) is 4.79 Å². The van der Waals surface area contributed by atoms with Crippen LogP contribution in [0.2, 0.25) is 0 Å². The first-order chi connectivity index (χ1) is 7.16. The second-order valence-electron chi connectivity index (χ2n) is 4.08. The molecule has 0 aromatic heterocycles. The Balaban J connectivity index is 3.13. The number of hydrogen-bond donors (Lipinski definition) is 2. The molecule has 0 bridgehead atoms. The molecule has 0 aliphatic carbocycles. The van der Waals surface area contributed by atoms with Gasteiger partial charge < -0.3 is 10.8 Å². The average molecular weight is 214 g/mol. The highest BCUT2D eigenvalue weighted by atomic mass is 16.4. The standard InChI is InChI=1S/C12H24NO2/c1-2-3-4-5-6-7-8-9-11(13)10-12(14)15/h10-11H,2-9,13H2,1H3,(H,14,15). The van der Waals surface area contributed by atoms with Crippen LogP contribution >= 0.6 is 0 Å². The van der Waals surface area contributed by atoms with Crippen molar-refractivity contribution >= 4 is 5.97 Å². The zero-order valence-electron chi connectivity index (χ0n) is 9.74. The molecule has 0 aliphatic heterocycles. The second-order valence-corrected chi connectivity index (χ2v) is 4.08. The van der Waals surface area contributed by atoms with Crippen LogP contribution in [0.25, 0.3) is 0 Å². The molecule has 3 N–H and O–H groups in total. The first-order valence-electron chi connectivity index (χ1n) is 6.00. The molecule has 0 aromatic carbocycles. The molecule has 0 saturated carbocycles. The molecule has 0 fully saturated rings. The van der Waals surface area contributed by atoms with Gasteiger partial charge in [-0.05, 0) is 6.42 Å². The van der Waals surface area contributed by atoms with E-state index in [4.69, 9.17) is 10.8 Å². The van der Waals surface area contributed by atoms with Gasteiger partial charge in [0.25, 0.3) is 0 Å². The van der Waals surface area contributed by atoms with Gasteiger partial charge in [-0.1, -0.05) is 51.9 Å². The highest BCUT2D eigenvalue weighted by molar-refractivity contribution is 5.77. The SMILES string of the molecule is CCCCCCCCCC(N)[CH]C(=O)O. The van der Waals surface area contributed by atoms with E-state index in [2.05, 4.69) is 6.92 Å². The highest BCUT2D eigenvalue weighted by Gasteiger charge is 2.07. The lowest BCUT2D eigenvalue weighted by Crippen LogP contribution is -2.24. The Morgan fingerprint density at radius 1 is 1.20 bits per heavy atom. The van der Waals surface area contributed by atoms with Gasteiger partial charge in [0.15, 0.2) is 0 Å². The lowest BCUT2D eigenvalue weighted by molar-refractivity contribution is -0.133. The Hall–Kier alpha value is -0.570. The summed E-state index contributed by atoms with van der Waals surface area (Å²) in [5.74, 6) is -0.912. The van der Waals surface area contributed by atoms with Crippen molar-refractivity contribution in [3.63, 3.8) is 0 Å². The topological polar surface area (TPSA) is 63.3 Å². The third kappa shape index (κ3) is 11.4. The predicted molar refractivity (Wildman–Crippen MR) is 62.5 cm³/mol. The van der Waals surface area contributed by atoms with Crippen molar-refractivity contribution in [3.05, 3.63) is 6.42 Å². The predicted octanol–water partition coefficient (Wildman–Crippen LogP) is 2.74. The zero-order valence-corrected chi connectivity index (χ0v) is 9.74. The molecule has 3 nitrogen and oxygen atoms in total. The molecule has 3 heteroatoms. The van der Waals surface area contributed by atoms with Gasteiger partial charge in [0.2, 0.25) is 0 Å². The van der Waals surface area contributed by atoms with Crippen LogP contribution in [0.3, 0.4) is 0 Å². The summed E-state index contributed by atoms with van der Waals surface area (Å²) in [4.78, 5) is 10.3. The molecule has 15 heavy (non-hydrogen) atoms. The molecule has 0 aliphatic rings. The smallest absolute Gasteiger partial charge is 0.309 e. The van der Waals surface area contributed by atoms with E-state index in [0.717, 1.165) is 12.8 Å². The summed E-state index contributed by atoms with van der Waals surface area (Å²) in [6.07, 6.45) is 10.7. The van der Waals surface area contributed by atoms with E-state index in [-0.39, 0.29) is 6.04 Å². The maximum atomic E-state index is 10.3. The third-order valence-corrected chi connectivity index (χ3v) is 2.50. The van der Waals surface area contributed by atoms with E-state index in [1.54, 1.807) is 0 Å². The van der Waals surface area contributed by atoms with Gasteiger partial charge in [-0.25, -0.2) is 0 Å². The van der Waals surface area contributed by atoms with E-state index in [1.807, 2.05) is 0 Å². The van der Waals surface area contributed by atoms with Gasteiger partial charge in [-0.3, -0.25) is 4.79 Å². The van der Waals surface area contributed by atoms with E-state index in [0.29, 0.717) is 0 Å². The first-order valence-corrected chi connectivity index (χ1v) is 6.00. The second kappa shape index (κ2) is 9.97. The van der Waals surface area contributed by atoms with Crippen LogP contribution in [0.5, 0.6) is 0 Å². The molecule has 0 spiro atoms. The Morgan fingerprint density at radius 3 is 2.27 bits per heavy atom. The van der Waals surface area contributed by atoms with E-state index >= 15 is 0 Å². The van der Waals surface area contributed by atoms with Gasteiger partial charge >= 0.3 is 5.97 Å². The molecule has 1 unspecified atom stereocenters. The third-order valence-electron chi connectivity index (χ3n) is 2.50. The molecule has 0 amide bonds. The maximum Gasteiger partial charge on any atom is 0.309 e. The summed E-state index contributed by atoms with van der Waals surface area (Å²) in [6, 6.07) is -0.279. The van der Waals surface area contributed by atoms with Crippen molar-refractivity contribution in [2.24, 2.45) is 5.73 Å². The van der Waals surface area contributed by atoms with Gasteiger partial charge in [0, 0.05) is 6.04 Å². The summed E-state index contributed by atoms with van der Waals surface area (Å²) in [7, 11) is 0. The van der Waals surface area contributed by atoms with Crippen LogP contribution in [-0.4, -0.2) is 17.1 Å². The lowest BCUT2D eigenvalue weighted by Gasteiger charge is -2.07. The summed E-state index contributed by atoms with van der Waals surface area (Å²) >= 11 is 0. The maximum absolute atomic E-state index is 10.3. The summed E-state index contributed by atoms with van der Waals surface area (Å²) in [6.45, 7) is 2.21. The molecule has 0 rings (SSSR count). The Bertz CT molecular complexity index is 160. The van der Waals surface area contributed by atoms with Gasteiger partial charge in [0.1, 0.15) is 0 Å². The van der Waals surface area contributed by atoms with Crippen LogP contribution in [0, 0.1) is 6.42 Å². The molecule has 0 heterocycles. The van der Waals surface area contributed by atoms with Crippen molar-refractivity contribution in [2.45, 2.75) is 64.3 Å². The van der Waals surface area contributed by atoms with Crippen molar-refractivity contribution < 1.29 is 9.90 Å². The van der Waals surface area contributed by atoms with Crippen LogP contribution in [0.15, 0.2) is 0 Å². The highest BCUT2D eigenvalue weighted by Crippen LogP contribution is 2.09. The van der Waals surface area contributed by atoms with Crippen molar-refractivity contribution in [3.8, 4) is 0 Å². The number of nitrogens with two attached hydrogens (primary N) is 1. The monoisotopic (exact) mass is 214 g/mol. The Morgan fingerprint density at radius 2 is 1.73 bits per heavy atom. The van der Waals surface area contributed by atoms with Gasteiger partial charge in [0.05, 0.1) is 6.42 Å². The fraction of sp³-hybridized carbons (Fsp3) is 0.833.